The summed E-state index contributed by atoms with van der Waals surface area (Å²) in [5, 5.41) is 3.00. The second-order valence-electron chi connectivity index (χ2n) is 5.10. The SMILES string of the molecule is CNc1cccnc1S(=O)(=O)N1CCCC1(C)C. The summed E-state index contributed by atoms with van der Waals surface area (Å²) in [6.07, 6.45) is 3.29. The van der Waals surface area contributed by atoms with Gasteiger partial charge in [-0.1, -0.05) is 0 Å². The summed E-state index contributed by atoms with van der Waals surface area (Å²) >= 11 is 0. The van der Waals surface area contributed by atoms with Gasteiger partial charge in [-0.3, -0.25) is 0 Å². The van der Waals surface area contributed by atoms with Gasteiger partial charge in [-0.15, -0.1) is 0 Å². The summed E-state index contributed by atoms with van der Waals surface area (Å²) in [6, 6.07) is 3.45. The third kappa shape index (κ3) is 2.10. The predicted octanol–water partition coefficient (Wildman–Crippen LogP) is 1.69. The van der Waals surface area contributed by atoms with Gasteiger partial charge in [0.05, 0.1) is 5.69 Å². The van der Waals surface area contributed by atoms with E-state index in [1.54, 1.807) is 23.5 Å². The first-order chi connectivity index (χ1) is 8.39. The van der Waals surface area contributed by atoms with Crippen LogP contribution in [0.3, 0.4) is 0 Å². The molecule has 0 radical (unpaired) electrons. The predicted molar refractivity (Wildman–Crippen MR) is 71.0 cm³/mol. The van der Waals surface area contributed by atoms with Gasteiger partial charge in [-0.25, -0.2) is 13.4 Å². The Morgan fingerprint density at radius 2 is 2.17 bits per heavy atom. The molecule has 1 saturated heterocycles. The molecule has 0 aromatic carbocycles. The van der Waals surface area contributed by atoms with Crippen LogP contribution >= 0.6 is 0 Å². The van der Waals surface area contributed by atoms with E-state index >= 15 is 0 Å². The van der Waals surface area contributed by atoms with Crippen LogP contribution in [0.2, 0.25) is 0 Å². The lowest BCUT2D eigenvalue weighted by molar-refractivity contribution is 0.291. The molecule has 1 N–H and O–H groups in total. The Hall–Kier alpha value is -1.14. The molecule has 0 aliphatic carbocycles. The van der Waals surface area contributed by atoms with Crippen LogP contribution in [0, 0.1) is 0 Å². The Bertz CT molecular complexity index is 540. The van der Waals surface area contributed by atoms with Gasteiger partial charge in [0.25, 0.3) is 10.0 Å². The van der Waals surface area contributed by atoms with Crippen molar-refractivity contribution in [2.75, 3.05) is 18.9 Å². The van der Waals surface area contributed by atoms with E-state index in [4.69, 9.17) is 0 Å². The zero-order chi connectivity index (χ0) is 13.4. The number of aromatic nitrogens is 1. The molecule has 0 unspecified atom stereocenters. The Morgan fingerprint density at radius 3 is 2.72 bits per heavy atom. The average molecular weight is 269 g/mol. The minimum Gasteiger partial charge on any atom is -0.386 e. The summed E-state index contributed by atoms with van der Waals surface area (Å²) in [4.78, 5) is 4.04. The lowest BCUT2D eigenvalue weighted by Gasteiger charge is -2.30. The number of sulfonamides is 1. The summed E-state index contributed by atoms with van der Waals surface area (Å²) in [7, 11) is -1.83. The van der Waals surface area contributed by atoms with Gasteiger partial charge < -0.3 is 5.32 Å². The first-order valence-corrected chi connectivity index (χ1v) is 7.49. The maximum atomic E-state index is 12.7. The molecule has 1 aliphatic rings. The summed E-state index contributed by atoms with van der Waals surface area (Å²) < 4.78 is 26.9. The highest BCUT2D eigenvalue weighted by atomic mass is 32.2. The Kier molecular flexibility index (Phi) is 3.33. The van der Waals surface area contributed by atoms with Crippen LogP contribution in [0.25, 0.3) is 0 Å². The molecule has 18 heavy (non-hydrogen) atoms. The number of hydrogen-bond donors (Lipinski definition) is 1. The topological polar surface area (TPSA) is 62.3 Å². The van der Waals surface area contributed by atoms with E-state index in [2.05, 4.69) is 10.3 Å². The van der Waals surface area contributed by atoms with Crippen molar-refractivity contribution in [1.82, 2.24) is 9.29 Å². The van der Waals surface area contributed by atoms with E-state index in [-0.39, 0.29) is 10.6 Å². The molecule has 5 nitrogen and oxygen atoms in total. The molecular formula is C12H19N3O2S. The van der Waals surface area contributed by atoms with Crippen molar-refractivity contribution in [2.45, 2.75) is 37.3 Å². The van der Waals surface area contributed by atoms with Crippen LogP contribution in [-0.4, -0.2) is 36.8 Å². The number of anilines is 1. The van der Waals surface area contributed by atoms with Gasteiger partial charge in [0.2, 0.25) is 0 Å². The molecular weight excluding hydrogens is 250 g/mol. The minimum absolute atomic E-state index is 0.113. The van der Waals surface area contributed by atoms with Crippen molar-refractivity contribution in [3.05, 3.63) is 18.3 Å². The van der Waals surface area contributed by atoms with Gasteiger partial charge in [0, 0.05) is 25.3 Å². The van der Waals surface area contributed by atoms with Crippen molar-refractivity contribution in [2.24, 2.45) is 0 Å². The zero-order valence-corrected chi connectivity index (χ0v) is 11.8. The number of rotatable bonds is 3. The second kappa shape index (κ2) is 4.51. The molecule has 2 heterocycles. The molecule has 0 saturated carbocycles. The van der Waals surface area contributed by atoms with E-state index in [9.17, 15) is 8.42 Å². The number of hydrogen-bond acceptors (Lipinski definition) is 4. The molecule has 1 aliphatic heterocycles. The number of pyridine rings is 1. The fourth-order valence-corrected chi connectivity index (χ4v) is 4.38. The van der Waals surface area contributed by atoms with Crippen molar-refractivity contribution < 1.29 is 8.42 Å². The number of nitrogens with zero attached hydrogens (tertiary/aromatic N) is 2. The molecule has 0 bridgehead atoms. The van der Waals surface area contributed by atoms with Gasteiger partial charge in [-0.05, 0) is 38.8 Å². The average Bonchev–Trinajstić information content (AvgIpc) is 2.69. The molecule has 0 atom stereocenters. The van der Waals surface area contributed by atoms with E-state index in [1.807, 2.05) is 13.8 Å². The van der Waals surface area contributed by atoms with Crippen LogP contribution < -0.4 is 5.32 Å². The lowest BCUT2D eigenvalue weighted by Crippen LogP contribution is -2.43. The molecule has 6 heteroatoms. The standard InChI is InChI=1S/C12H19N3O2S/c1-12(2)7-5-9-15(12)18(16,17)11-10(13-3)6-4-8-14-11/h4,6,8,13H,5,7,9H2,1-3H3. The molecule has 1 aromatic heterocycles. The lowest BCUT2D eigenvalue weighted by atomic mass is 10.0. The molecule has 100 valence electrons. The third-order valence-corrected chi connectivity index (χ3v) is 5.47. The van der Waals surface area contributed by atoms with E-state index in [1.165, 1.54) is 6.20 Å². The Morgan fingerprint density at radius 1 is 1.44 bits per heavy atom. The van der Waals surface area contributed by atoms with Crippen molar-refractivity contribution in [3.8, 4) is 0 Å². The first-order valence-electron chi connectivity index (χ1n) is 6.05. The van der Waals surface area contributed by atoms with Crippen LogP contribution in [0.5, 0.6) is 0 Å². The first kappa shape index (κ1) is 13.3. The van der Waals surface area contributed by atoms with Crippen molar-refractivity contribution in [1.29, 1.82) is 0 Å². The highest BCUT2D eigenvalue weighted by Gasteiger charge is 2.42. The monoisotopic (exact) mass is 269 g/mol. The number of nitrogens with one attached hydrogen (secondary N) is 1. The van der Waals surface area contributed by atoms with E-state index < -0.39 is 10.0 Å². The fraction of sp³-hybridized carbons (Fsp3) is 0.583. The Labute approximate surface area is 108 Å². The summed E-state index contributed by atoms with van der Waals surface area (Å²) in [6.45, 7) is 4.48. The smallest absolute Gasteiger partial charge is 0.263 e. The second-order valence-corrected chi connectivity index (χ2v) is 6.88. The zero-order valence-electron chi connectivity index (χ0n) is 11.0. The van der Waals surface area contributed by atoms with Crippen molar-refractivity contribution >= 4 is 15.7 Å². The largest absolute Gasteiger partial charge is 0.386 e. The van der Waals surface area contributed by atoms with Gasteiger partial charge in [-0.2, -0.15) is 4.31 Å². The van der Waals surface area contributed by atoms with E-state index in [0.717, 1.165) is 12.8 Å². The van der Waals surface area contributed by atoms with Crippen molar-refractivity contribution in [3.63, 3.8) is 0 Å². The third-order valence-electron chi connectivity index (χ3n) is 3.40. The molecule has 2 rings (SSSR count). The van der Waals surface area contributed by atoms with Crippen LogP contribution in [0.1, 0.15) is 26.7 Å². The molecule has 0 amide bonds. The highest BCUT2D eigenvalue weighted by Crippen LogP contribution is 2.34. The van der Waals surface area contributed by atoms with Gasteiger partial charge >= 0.3 is 0 Å². The normalized spacial score (nSPS) is 19.9. The highest BCUT2D eigenvalue weighted by molar-refractivity contribution is 7.89. The van der Waals surface area contributed by atoms with Crippen LogP contribution in [-0.2, 0) is 10.0 Å². The Balaban J connectivity index is 2.49. The summed E-state index contributed by atoms with van der Waals surface area (Å²) in [5.41, 5.74) is 0.210. The quantitative estimate of drug-likeness (QED) is 0.907. The maximum Gasteiger partial charge on any atom is 0.263 e. The molecule has 0 spiro atoms. The minimum atomic E-state index is -3.53. The fourth-order valence-electron chi connectivity index (χ4n) is 2.42. The van der Waals surface area contributed by atoms with Crippen LogP contribution in [0.15, 0.2) is 23.4 Å². The summed E-state index contributed by atoms with van der Waals surface area (Å²) in [5.74, 6) is 0. The van der Waals surface area contributed by atoms with Gasteiger partial charge in [0.15, 0.2) is 5.03 Å². The van der Waals surface area contributed by atoms with Crippen LogP contribution in [0.4, 0.5) is 5.69 Å². The van der Waals surface area contributed by atoms with E-state index in [0.29, 0.717) is 12.2 Å². The molecule has 1 aromatic rings. The maximum absolute atomic E-state index is 12.7. The molecule has 1 fully saturated rings. The van der Waals surface area contributed by atoms with Gasteiger partial charge in [0.1, 0.15) is 0 Å².